The minimum atomic E-state index is 0.872. The number of rotatable bonds is 6. The minimum absolute atomic E-state index is 0.872. The molecule has 0 amide bonds. The lowest BCUT2D eigenvalue weighted by Gasteiger charge is -2.26. The molecule has 0 saturated carbocycles. The molecule has 2 aromatic heterocycles. The van der Waals surface area contributed by atoms with Crippen LogP contribution >= 0.6 is 0 Å². The van der Waals surface area contributed by atoms with Gasteiger partial charge in [-0.25, -0.2) is 0 Å². The first kappa shape index (κ1) is 31.2. The molecule has 3 nitrogen and oxygen atoms in total. The van der Waals surface area contributed by atoms with E-state index in [0.29, 0.717) is 0 Å². The number of furan rings is 1. The third-order valence-electron chi connectivity index (χ3n) is 11.0. The highest BCUT2D eigenvalue weighted by atomic mass is 16.3. The fraction of sp³-hybridized carbons (Fsp3) is 0. The van der Waals surface area contributed by atoms with Crippen LogP contribution < -0.4 is 4.90 Å². The second-order valence-electron chi connectivity index (χ2n) is 14.1. The van der Waals surface area contributed by atoms with Gasteiger partial charge in [0.1, 0.15) is 11.2 Å². The number of fused-ring (bicyclic) bond motifs is 8. The zero-order chi connectivity index (χ0) is 36.3. The SMILES string of the molecule is c1ccc(-c2ccc(N(c3ccc(-c4ccc5ccc6c7ccccc7n(-c7ccccc7)c6c5c4)cc3)c3cccc4oc5ccccc5c34)cc2)cc1. The van der Waals surface area contributed by atoms with Gasteiger partial charge in [0.05, 0.1) is 22.1 Å². The van der Waals surface area contributed by atoms with Crippen molar-refractivity contribution in [1.29, 1.82) is 0 Å². The second kappa shape index (κ2) is 12.6. The topological polar surface area (TPSA) is 21.3 Å². The van der Waals surface area contributed by atoms with Gasteiger partial charge in [0, 0.05) is 38.6 Å². The molecule has 0 spiro atoms. The number of para-hydroxylation sites is 3. The first-order chi connectivity index (χ1) is 27.3. The second-order valence-corrected chi connectivity index (χ2v) is 14.1. The van der Waals surface area contributed by atoms with Crippen LogP contribution in [0.3, 0.4) is 0 Å². The molecule has 0 bridgehead atoms. The molecule has 9 aromatic carbocycles. The van der Waals surface area contributed by atoms with Crippen molar-refractivity contribution >= 4 is 71.6 Å². The Morgan fingerprint density at radius 3 is 1.73 bits per heavy atom. The Hall–Kier alpha value is -7.36. The van der Waals surface area contributed by atoms with E-state index in [-0.39, 0.29) is 0 Å². The summed E-state index contributed by atoms with van der Waals surface area (Å²) in [5.41, 5.74) is 13.3. The van der Waals surface area contributed by atoms with E-state index >= 15 is 0 Å². The Morgan fingerprint density at radius 1 is 0.382 bits per heavy atom. The van der Waals surface area contributed by atoms with Gasteiger partial charge in [-0.1, -0.05) is 140 Å². The van der Waals surface area contributed by atoms with Gasteiger partial charge in [0.2, 0.25) is 0 Å². The Balaban J connectivity index is 1.06. The first-order valence-electron chi connectivity index (χ1n) is 18.8. The number of aromatic nitrogens is 1. The molecule has 0 aliphatic rings. The predicted octanol–water partition coefficient (Wildman–Crippen LogP) is 14.6. The normalized spacial score (nSPS) is 11.6. The largest absolute Gasteiger partial charge is 0.456 e. The fourth-order valence-electron chi connectivity index (χ4n) is 8.41. The predicted molar refractivity (Wildman–Crippen MR) is 231 cm³/mol. The third kappa shape index (κ3) is 5.13. The van der Waals surface area contributed by atoms with E-state index in [2.05, 4.69) is 204 Å². The van der Waals surface area contributed by atoms with Gasteiger partial charge in [-0.2, -0.15) is 0 Å². The smallest absolute Gasteiger partial charge is 0.137 e. The average Bonchev–Trinajstić information content (AvgIpc) is 3.81. The average molecular weight is 703 g/mol. The number of anilines is 3. The molecule has 258 valence electrons. The Bertz CT molecular complexity index is 3180. The van der Waals surface area contributed by atoms with Crippen LogP contribution in [0, 0.1) is 0 Å². The summed E-state index contributed by atoms with van der Waals surface area (Å²) in [6.45, 7) is 0. The summed E-state index contributed by atoms with van der Waals surface area (Å²) in [4.78, 5) is 2.35. The van der Waals surface area contributed by atoms with Crippen molar-refractivity contribution in [1.82, 2.24) is 4.57 Å². The molecule has 2 heterocycles. The van der Waals surface area contributed by atoms with Crippen LogP contribution in [-0.4, -0.2) is 4.57 Å². The number of benzene rings is 9. The van der Waals surface area contributed by atoms with Crippen LogP contribution in [0.25, 0.3) is 82.5 Å². The summed E-state index contributed by atoms with van der Waals surface area (Å²) in [6.07, 6.45) is 0. The van der Waals surface area contributed by atoms with Gasteiger partial charge in [-0.3, -0.25) is 0 Å². The molecule has 11 aromatic rings. The zero-order valence-corrected chi connectivity index (χ0v) is 29.9. The summed E-state index contributed by atoms with van der Waals surface area (Å²) in [6, 6.07) is 73.9. The summed E-state index contributed by atoms with van der Waals surface area (Å²) < 4.78 is 8.78. The van der Waals surface area contributed by atoms with E-state index in [1.165, 1.54) is 49.3 Å². The van der Waals surface area contributed by atoms with Crippen LogP contribution in [-0.2, 0) is 0 Å². The van der Waals surface area contributed by atoms with Crippen molar-refractivity contribution in [3.63, 3.8) is 0 Å². The number of hydrogen-bond acceptors (Lipinski definition) is 2. The van der Waals surface area contributed by atoms with Gasteiger partial charge in [-0.05, 0) is 94.4 Å². The molecular formula is C52H34N2O. The highest BCUT2D eigenvalue weighted by Gasteiger charge is 2.20. The van der Waals surface area contributed by atoms with E-state index in [0.717, 1.165) is 50.3 Å². The van der Waals surface area contributed by atoms with Crippen LogP contribution in [0.2, 0.25) is 0 Å². The quantitative estimate of drug-likeness (QED) is 0.172. The summed E-state index contributed by atoms with van der Waals surface area (Å²) >= 11 is 0. The standard InChI is InChI=1S/C52H34N2O/c1-3-12-35(13-4-1)36-24-29-41(30-25-36)53(48-19-11-21-50-51(48)45-17-8-10-20-49(45)55-50)42-31-26-37(27-32-42)39-23-22-38-28-33-44-43-16-7-9-18-47(43)54(52(44)46(38)34-39)40-14-5-2-6-15-40/h1-34H. The molecule has 0 aliphatic carbocycles. The Kier molecular flexibility index (Phi) is 7.17. The fourth-order valence-corrected chi connectivity index (χ4v) is 8.41. The molecule has 11 rings (SSSR count). The van der Waals surface area contributed by atoms with E-state index in [4.69, 9.17) is 4.42 Å². The van der Waals surface area contributed by atoms with Crippen molar-refractivity contribution in [3.05, 3.63) is 206 Å². The van der Waals surface area contributed by atoms with Crippen LogP contribution in [0.4, 0.5) is 17.1 Å². The van der Waals surface area contributed by atoms with Crippen molar-refractivity contribution in [2.75, 3.05) is 4.90 Å². The number of hydrogen-bond donors (Lipinski definition) is 0. The van der Waals surface area contributed by atoms with Gasteiger partial charge in [-0.15, -0.1) is 0 Å². The van der Waals surface area contributed by atoms with Gasteiger partial charge >= 0.3 is 0 Å². The lowest BCUT2D eigenvalue weighted by atomic mass is 9.98. The maximum Gasteiger partial charge on any atom is 0.137 e. The monoisotopic (exact) mass is 702 g/mol. The van der Waals surface area contributed by atoms with Crippen molar-refractivity contribution < 1.29 is 4.42 Å². The molecule has 0 saturated heterocycles. The molecule has 0 fully saturated rings. The highest BCUT2D eigenvalue weighted by molar-refractivity contribution is 6.19. The van der Waals surface area contributed by atoms with E-state index in [1.54, 1.807) is 0 Å². The van der Waals surface area contributed by atoms with E-state index in [1.807, 2.05) is 12.1 Å². The van der Waals surface area contributed by atoms with Gasteiger partial charge in [0.15, 0.2) is 0 Å². The third-order valence-corrected chi connectivity index (χ3v) is 11.0. The van der Waals surface area contributed by atoms with Crippen molar-refractivity contribution in [2.45, 2.75) is 0 Å². The summed E-state index contributed by atoms with van der Waals surface area (Å²) in [7, 11) is 0. The van der Waals surface area contributed by atoms with Gasteiger partial charge in [0.25, 0.3) is 0 Å². The van der Waals surface area contributed by atoms with Crippen molar-refractivity contribution in [3.8, 4) is 27.9 Å². The molecule has 0 radical (unpaired) electrons. The van der Waals surface area contributed by atoms with Crippen LogP contribution in [0.1, 0.15) is 0 Å². The van der Waals surface area contributed by atoms with E-state index < -0.39 is 0 Å². The number of nitrogens with zero attached hydrogens (tertiary/aromatic N) is 2. The molecule has 0 N–H and O–H groups in total. The first-order valence-corrected chi connectivity index (χ1v) is 18.8. The van der Waals surface area contributed by atoms with Crippen LogP contribution in [0.15, 0.2) is 211 Å². The lowest BCUT2D eigenvalue weighted by Crippen LogP contribution is -2.10. The summed E-state index contributed by atoms with van der Waals surface area (Å²) in [5.74, 6) is 0. The molecule has 0 unspecified atom stereocenters. The van der Waals surface area contributed by atoms with Gasteiger partial charge < -0.3 is 13.9 Å². The van der Waals surface area contributed by atoms with Crippen LogP contribution in [0.5, 0.6) is 0 Å². The Morgan fingerprint density at radius 2 is 0.964 bits per heavy atom. The Labute approximate surface area is 318 Å². The lowest BCUT2D eigenvalue weighted by molar-refractivity contribution is 0.669. The maximum absolute atomic E-state index is 6.36. The van der Waals surface area contributed by atoms with E-state index in [9.17, 15) is 0 Å². The highest BCUT2D eigenvalue weighted by Crippen LogP contribution is 2.44. The van der Waals surface area contributed by atoms with Crippen molar-refractivity contribution in [2.24, 2.45) is 0 Å². The maximum atomic E-state index is 6.36. The molecule has 55 heavy (non-hydrogen) atoms. The molecule has 3 heteroatoms. The molecular weight excluding hydrogens is 669 g/mol. The minimum Gasteiger partial charge on any atom is -0.456 e. The molecule has 0 aliphatic heterocycles. The summed E-state index contributed by atoms with van der Waals surface area (Å²) in [5, 5.41) is 7.17. The molecule has 0 atom stereocenters. The zero-order valence-electron chi connectivity index (χ0n) is 29.9.